The zero-order chi connectivity index (χ0) is 9.26. The van der Waals surface area contributed by atoms with Crippen molar-refractivity contribution in [3.63, 3.8) is 0 Å². The van der Waals surface area contributed by atoms with Crippen LogP contribution in [0.2, 0.25) is 0 Å². The van der Waals surface area contributed by atoms with E-state index in [0.29, 0.717) is 5.95 Å². The molecule has 3 N–H and O–H groups in total. The van der Waals surface area contributed by atoms with Crippen LogP contribution in [0.25, 0.3) is 11.3 Å². The fourth-order valence-corrected chi connectivity index (χ4v) is 1.68. The van der Waals surface area contributed by atoms with E-state index in [1.54, 1.807) is 0 Å². The largest absolute Gasteiger partial charge is 0.369 e. The third-order valence-corrected chi connectivity index (χ3v) is 2.30. The first-order chi connectivity index (χ1) is 6.27. The predicted octanol–water partition coefficient (Wildman–Crippen LogP) is 2.42. The summed E-state index contributed by atoms with van der Waals surface area (Å²) >= 11 is 3.36. The summed E-state index contributed by atoms with van der Waals surface area (Å²) in [7, 11) is 0. The SMILES string of the molecule is Nc1nc(-c2ccccc2)c(Br)[nH]1. The lowest BCUT2D eigenvalue weighted by Crippen LogP contribution is -1.85. The molecule has 0 aliphatic heterocycles. The summed E-state index contributed by atoms with van der Waals surface area (Å²) in [5, 5.41) is 0. The first-order valence-corrected chi connectivity index (χ1v) is 4.63. The van der Waals surface area contributed by atoms with Crippen molar-refractivity contribution >= 4 is 21.9 Å². The molecule has 13 heavy (non-hydrogen) atoms. The lowest BCUT2D eigenvalue weighted by atomic mass is 10.2. The molecule has 66 valence electrons. The molecule has 1 aromatic carbocycles. The Hall–Kier alpha value is -1.29. The number of halogens is 1. The van der Waals surface area contributed by atoms with Crippen molar-refractivity contribution in [2.45, 2.75) is 0 Å². The minimum Gasteiger partial charge on any atom is -0.369 e. The monoisotopic (exact) mass is 237 g/mol. The zero-order valence-corrected chi connectivity index (χ0v) is 8.38. The smallest absolute Gasteiger partial charge is 0.198 e. The van der Waals surface area contributed by atoms with Gasteiger partial charge in [0, 0.05) is 5.56 Å². The van der Waals surface area contributed by atoms with E-state index >= 15 is 0 Å². The predicted molar refractivity (Wildman–Crippen MR) is 56.1 cm³/mol. The number of nitrogen functional groups attached to an aromatic ring is 1. The number of nitrogens with one attached hydrogen (secondary N) is 1. The Balaban J connectivity index is 2.53. The van der Waals surface area contributed by atoms with Crippen molar-refractivity contribution < 1.29 is 0 Å². The maximum Gasteiger partial charge on any atom is 0.198 e. The summed E-state index contributed by atoms with van der Waals surface area (Å²) in [4.78, 5) is 7.05. The van der Waals surface area contributed by atoms with Crippen LogP contribution in [0.3, 0.4) is 0 Å². The first-order valence-electron chi connectivity index (χ1n) is 3.84. The molecule has 0 saturated carbocycles. The van der Waals surface area contributed by atoms with E-state index in [1.807, 2.05) is 30.3 Å². The maximum absolute atomic E-state index is 5.52. The number of hydrogen-bond donors (Lipinski definition) is 2. The lowest BCUT2D eigenvalue weighted by Gasteiger charge is -1.94. The van der Waals surface area contributed by atoms with Crippen LogP contribution in [-0.2, 0) is 0 Å². The molecule has 2 aromatic rings. The quantitative estimate of drug-likeness (QED) is 0.801. The summed E-state index contributed by atoms with van der Waals surface area (Å²) in [6.45, 7) is 0. The first kappa shape index (κ1) is 8.31. The second-order valence-electron chi connectivity index (χ2n) is 2.65. The molecule has 0 aliphatic rings. The van der Waals surface area contributed by atoms with E-state index in [4.69, 9.17) is 5.73 Å². The molecule has 0 saturated heterocycles. The van der Waals surface area contributed by atoms with Gasteiger partial charge in [-0.05, 0) is 15.9 Å². The highest BCUT2D eigenvalue weighted by atomic mass is 79.9. The minimum atomic E-state index is 0.422. The van der Waals surface area contributed by atoms with Gasteiger partial charge in [0.2, 0.25) is 0 Å². The van der Waals surface area contributed by atoms with Gasteiger partial charge in [0.05, 0.1) is 0 Å². The number of H-pyrrole nitrogens is 1. The highest BCUT2D eigenvalue weighted by Gasteiger charge is 2.06. The molecular formula is C9H8BrN3. The maximum atomic E-state index is 5.52. The standard InChI is InChI=1S/C9H8BrN3/c10-8-7(12-9(11)13-8)6-4-2-1-3-5-6/h1-5H,(H3,11,12,13). The van der Waals surface area contributed by atoms with Crippen LogP contribution in [0.1, 0.15) is 0 Å². The Morgan fingerprint density at radius 2 is 1.92 bits per heavy atom. The van der Waals surface area contributed by atoms with Crippen LogP contribution in [0.15, 0.2) is 34.9 Å². The minimum absolute atomic E-state index is 0.422. The van der Waals surface area contributed by atoms with Gasteiger partial charge < -0.3 is 10.7 Å². The summed E-state index contributed by atoms with van der Waals surface area (Å²) in [5.74, 6) is 0.422. The van der Waals surface area contributed by atoms with E-state index in [2.05, 4.69) is 25.9 Å². The highest BCUT2D eigenvalue weighted by molar-refractivity contribution is 9.10. The van der Waals surface area contributed by atoms with E-state index in [0.717, 1.165) is 15.9 Å². The molecule has 0 unspecified atom stereocenters. The van der Waals surface area contributed by atoms with Crippen molar-refractivity contribution in [2.75, 3.05) is 5.73 Å². The molecule has 3 nitrogen and oxygen atoms in total. The second kappa shape index (κ2) is 3.22. The van der Waals surface area contributed by atoms with Gasteiger partial charge in [-0.25, -0.2) is 4.98 Å². The molecule has 2 rings (SSSR count). The van der Waals surface area contributed by atoms with Crippen molar-refractivity contribution in [3.8, 4) is 11.3 Å². The molecule has 0 aliphatic carbocycles. The van der Waals surface area contributed by atoms with Crippen LogP contribution in [-0.4, -0.2) is 9.97 Å². The normalized spacial score (nSPS) is 10.2. The van der Waals surface area contributed by atoms with Gasteiger partial charge in [-0.2, -0.15) is 0 Å². The number of aromatic amines is 1. The highest BCUT2D eigenvalue weighted by Crippen LogP contribution is 2.25. The number of anilines is 1. The fraction of sp³-hybridized carbons (Fsp3) is 0. The lowest BCUT2D eigenvalue weighted by molar-refractivity contribution is 1.31. The average Bonchev–Trinajstić information content (AvgIpc) is 2.47. The number of aromatic nitrogens is 2. The third kappa shape index (κ3) is 1.58. The molecule has 0 fully saturated rings. The Morgan fingerprint density at radius 3 is 2.46 bits per heavy atom. The Kier molecular flexibility index (Phi) is 2.06. The van der Waals surface area contributed by atoms with E-state index in [-0.39, 0.29) is 0 Å². The Bertz CT molecular complexity index is 408. The summed E-state index contributed by atoms with van der Waals surface area (Å²) in [5.41, 5.74) is 7.41. The number of imidazole rings is 1. The molecule has 1 aromatic heterocycles. The summed E-state index contributed by atoms with van der Waals surface area (Å²) < 4.78 is 0.816. The van der Waals surface area contributed by atoms with E-state index in [9.17, 15) is 0 Å². The van der Waals surface area contributed by atoms with Crippen molar-refractivity contribution in [1.29, 1.82) is 0 Å². The third-order valence-electron chi connectivity index (χ3n) is 1.73. The van der Waals surface area contributed by atoms with Gasteiger partial charge in [0.15, 0.2) is 5.95 Å². The number of nitrogens with two attached hydrogens (primary N) is 1. The van der Waals surface area contributed by atoms with Crippen LogP contribution >= 0.6 is 15.9 Å². The fourth-order valence-electron chi connectivity index (χ4n) is 1.16. The van der Waals surface area contributed by atoms with Crippen LogP contribution in [0, 0.1) is 0 Å². The van der Waals surface area contributed by atoms with Crippen LogP contribution in [0.4, 0.5) is 5.95 Å². The Morgan fingerprint density at radius 1 is 1.23 bits per heavy atom. The molecule has 0 bridgehead atoms. The van der Waals surface area contributed by atoms with Crippen molar-refractivity contribution in [2.24, 2.45) is 0 Å². The molecule has 4 heteroatoms. The number of nitrogens with zero attached hydrogens (tertiary/aromatic N) is 1. The zero-order valence-electron chi connectivity index (χ0n) is 6.79. The Labute approximate surface area is 84.1 Å². The van der Waals surface area contributed by atoms with Gasteiger partial charge in [-0.15, -0.1) is 0 Å². The topological polar surface area (TPSA) is 54.7 Å². The van der Waals surface area contributed by atoms with Crippen molar-refractivity contribution in [1.82, 2.24) is 9.97 Å². The summed E-state index contributed by atoms with van der Waals surface area (Å²) in [6.07, 6.45) is 0. The molecule has 1 heterocycles. The van der Waals surface area contributed by atoms with Gasteiger partial charge in [-0.3, -0.25) is 0 Å². The van der Waals surface area contributed by atoms with E-state index in [1.165, 1.54) is 0 Å². The van der Waals surface area contributed by atoms with Crippen molar-refractivity contribution in [3.05, 3.63) is 34.9 Å². The van der Waals surface area contributed by atoms with E-state index < -0.39 is 0 Å². The second-order valence-corrected chi connectivity index (χ2v) is 3.44. The van der Waals surface area contributed by atoms with Gasteiger partial charge in [0.25, 0.3) is 0 Å². The van der Waals surface area contributed by atoms with Gasteiger partial charge >= 0.3 is 0 Å². The van der Waals surface area contributed by atoms with Crippen LogP contribution in [0.5, 0.6) is 0 Å². The van der Waals surface area contributed by atoms with Gasteiger partial charge in [0.1, 0.15) is 10.3 Å². The van der Waals surface area contributed by atoms with Gasteiger partial charge in [-0.1, -0.05) is 30.3 Å². The number of benzene rings is 1. The molecule has 0 spiro atoms. The average molecular weight is 238 g/mol. The molecule has 0 atom stereocenters. The molecular weight excluding hydrogens is 230 g/mol. The van der Waals surface area contributed by atoms with Crippen LogP contribution < -0.4 is 5.73 Å². The summed E-state index contributed by atoms with van der Waals surface area (Å²) in [6, 6.07) is 9.87. The number of hydrogen-bond acceptors (Lipinski definition) is 2. The molecule has 0 radical (unpaired) electrons. The molecule has 0 amide bonds. The number of rotatable bonds is 1.